The van der Waals surface area contributed by atoms with Crippen LogP contribution in [-0.2, 0) is 4.74 Å². The van der Waals surface area contributed by atoms with Crippen LogP contribution in [-0.4, -0.2) is 25.2 Å². The molecule has 0 aliphatic heterocycles. The summed E-state index contributed by atoms with van der Waals surface area (Å²) in [5.74, 6) is -0.179. The van der Waals surface area contributed by atoms with Gasteiger partial charge in [0.15, 0.2) is 5.13 Å². The number of thiazole rings is 1. The first-order valence-corrected chi connectivity index (χ1v) is 6.47. The molecule has 1 heterocycles. The van der Waals surface area contributed by atoms with Crippen LogP contribution in [0, 0.1) is 12.7 Å². The van der Waals surface area contributed by atoms with Crippen LogP contribution in [0.4, 0.5) is 9.52 Å². The van der Waals surface area contributed by atoms with E-state index >= 15 is 0 Å². The molecule has 0 fully saturated rings. The number of anilines is 1. The largest absolute Gasteiger partial charge is 0.383 e. The average molecular weight is 266 g/mol. The van der Waals surface area contributed by atoms with E-state index in [9.17, 15) is 4.39 Å². The summed E-state index contributed by atoms with van der Waals surface area (Å²) < 4.78 is 18.1. The van der Waals surface area contributed by atoms with Gasteiger partial charge in [-0.1, -0.05) is 17.4 Å². The van der Waals surface area contributed by atoms with E-state index in [1.807, 2.05) is 6.07 Å². The van der Waals surface area contributed by atoms with E-state index in [0.29, 0.717) is 12.2 Å². The molecule has 18 heavy (non-hydrogen) atoms. The molecule has 1 N–H and O–H groups in total. The van der Waals surface area contributed by atoms with Crippen LogP contribution in [0.25, 0.3) is 10.4 Å². The Morgan fingerprint density at radius 3 is 3.00 bits per heavy atom. The van der Waals surface area contributed by atoms with Gasteiger partial charge in [0.1, 0.15) is 5.82 Å². The van der Waals surface area contributed by atoms with Gasteiger partial charge in [0.25, 0.3) is 0 Å². The molecule has 1 aromatic carbocycles. The third-order valence-corrected chi connectivity index (χ3v) is 3.53. The first-order valence-electron chi connectivity index (χ1n) is 5.66. The van der Waals surface area contributed by atoms with E-state index in [1.54, 1.807) is 37.6 Å². The van der Waals surface area contributed by atoms with Gasteiger partial charge < -0.3 is 10.1 Å². The number of rotatable bonds is 5. The number of methoxy groups -OCH3 is 1. The van der Waals surface area contributed by atoms with Crippen molar-refractivity contribution in [2.45, 2.75) is 6.92 Å². The molecule has 0 amide bonds. The van der Waals surface area contributed by atoms with E-state index in [2.05, 4.69) is 10.3 Å². The van der Waals surface area contributed by atoms with E-state index in [-0.39, 0.29) is 5.82 Å². The molecule has 96 valence electrons. The molecule has 0 atom stereocenters. The van der Waals surface area contributed by atoms with Gasteiger partial charge in [0.2, 0.25) is 0 Å². The SMILES string of the molecule is COCCNc1ncc(-c2ccc(F)c(C)c2)s1. The van der Waals surface area contributed by atoms with Gasteiger partial charge in [-0.2, -0.15) is 0 Å². The summed E-state index contributed by atoms with van der Waals surface area (Å²) in [6.07, 6.45) is 1.80. The van der Waals surface area contributed by atoms with Gasteiger partial charge in [0, 0.05) is 19.9 Å². The number of nitrogens with one attached hydrogen (secondary N) is 1. The Morgan fingerprint density at radius 2 is 2.28 bits per heavy atom. The lowest BCUT2D eigenvalue weighted by molar-refractivity contribution is 0.211. The number of aromatic nitrogens is 1. The highest BCUT2D eigenvalue weighted by Gasteiger charge is 2.06. The van der Waals surface area contributed by atoms with Crippen molar-refractivity contribution in [3.63, 3.8) is 0 Å². The normalized spacial score (nSPS) is 10.6. The van der Waals surface area contributed by atoms with Gasteiger partial charge in [-0.05, 0) is 30.2 Å². The monoisotopic (exact) mass is 266 g/mol. The van der Waals surface area contributed by atoms with E-state index in [0.717, 1.165) is 22.1 Å². The van der Waals surface area contributed by atoms with E-state index in [1.165, 1.54) is 6.07 Å². The first kappa shape index (κ1) is 13.0. The van der Waals surface area contributed by atoms with Gasteiger partial charge in [0.05, 0.1) is 11.5 Å². The molecule has 0 saturated heterocycles. The molecule has 0 saturated carbocycles. The Hall–Kier alpha value is -1.46. The van der Waals surface area contributed by atoms with Crippen LogP contribution in [0.2, 0.25) is 0 Å². The minimum atomic E-state index is -0.179. The predicted octanol–water partition coefficient (Wildman–Crippen LogP) is 3.32. The molecular formula is C13H15FN2OS. The van der Waals surface area contributed by atoms with Gasteiger partial charge in [-0.15, -0.1) is 0 Å². The van der Waals surface area contributed by atoms with Crippen LogP contribution < -0.4 is 5.32 Å². The fourth-order valence-electron chi connectivity index (χ4n) is 1.55. The fourth-order valence-corrected chi connectivity index (χ4v) is 2.39. The zero-order valence-electron chi connectivity index (χ0n) is 10.4. The van der Waals surface area contributed by atoms with Gasteiger partial charge >= 0.3 is 0 Å². The molecule has 0 radical (unpaired) electrons. The Balaban J connectivity index is 2.11. The summed E-state index contributed by atoms with van der Waals surface area (Å²) in [6, 6.07) is 5.10. The van der Waals surface area contributed by atoms with Crippen molar-refractivity contribution in [1.82, 2.24) is 4.98 Å². The molecule has 3 nitrogen and oxygen atoms in total. The molecule has 0 aliphatic carbocycles. The third kappa shape index (κ3) is 3.05. The highest BCUT2D eigenvalue weighted by atomic mass is 32.1. The molecule has 2 rings (SSSR count). The number of nitrogens with zero attached hydrogens (tertiary/aromatic N) is 1. The van der Waals surface area contributed by atoms with Crippen LogP contribution in [0.5, 0.6) is 0 Å². The highest BCUT2D eigenvalue weighted by molar-refractivity contribution is 7.18. The summed E-state index contributed by atoms with van der Waals surface area (Å²) in [4.78, 5) is 5.30. The fraction of sp³-hybridized carbons (Fsp3) is 0.308. The summed E-state index contributed by atoms with van der Waals surface area (Å²) in [5.41, 5.74) is 1.64. The van der Waals surface area contributed by atoms with Crippen LogP contribution in [0.15, 0.2) is 24.4 Å². The van der Waals surface area contributed by atoms with Crippen molar-refractivity contribution >= 4 is 16.5 Å². The van der Waals surface area contributed by atoms with Crippen molar-refractivity contribution in [2.24, 2.45) is 0 Å². The molecular weight excluding hydrogens is 251 g/mol. The second-order valence-corrected chi connectivity index (χ2v) is 4.94. The number of hydrogen-bond donors (Lipinski definition) is 1. The van der Waals surface area contributed by atoms with Crippen LogP contribution in [0.1, 0.15) is 5.56 Å². The minimum Gasteiger partial charge on any atom is -0.383 e. The molecule has 5 heteroatoms. The number of aryl methyl sites for hydroxylation is 1. The summed E-state index contributed by atoms with van der Waals surface area (Å²) in [6.45, 7) is 3.13. The van der Waals surface area contributed by atoms with Crippen molar-refractivity contribution in [3.05, 3.63) is 35.8 Å². The number of ether oxygens (including phenoxy) is 1. The molecule has 0 spiro atoms. The summed E-state index contributed by atoms with van der Waals surface area (Å²) in [5, 5.41) is 4.02. The highest BCUT2D eigenvalue weighted by Crippen LogP contribution is 2.29. The second-order valence-electron chi connectivity index (χ2n) is 3.91. The molecule has 1 aromatic heterocycles. The van der Waals surface area contributed by atoms with Crippen LogP contribution >= 0.6 is 11.3 Å². The predicted molar refractivity (Wildman–Crippen MR) is 72.6 cm³/mol. The quantitative estimate of drug-likeness (QED) is 0.843. The molecule has 0 bridgehead atoms. The van der Waals surface area contributed by atoms with Crippen molar-refractivity contribution in [1.29, 1.82) is 0 Å². The van der Waals surface area contributed by atoms with Gasteiger partial charge in [-0.25, -0.2) is 9.37 Å². The third-order valence-electron chi connectivity index (χ3n) is 2.53. The standard InChI is InChI=1S/C13H15FN2OS/c1-9-7-10(3-4-11(9)14)12-8-16-13(18-12)15-5-6-17-2/h3-4,7-8H,5-6H2,1-2H3,(H,15,16). The Bertz CT molecular complexity index is 527. The molecule has 0 aliphatic rings. The summed E-state index contributed by atoms with van der Waals surface area (Å²) >= 11 is 1.55. The van der Waals surface area contributed by atoms with Crippen LogP contribution in [0.3, 0.4) is 0 Å². The zero-order chi connectivity index (χ0) is 13.0. The zero-order valence-corrected chi connectivity index (χ0v) is 11.2. The lowest BCUT2D eigenvalue weighted by Gasteiger charge is -2.01. The molecule has 0 unspecified atom stereocenters. The van der Waals surface area contributed by atoms with Crippen molar-refractivity contribution < 1.29 is 9.13 Å². The second kappa shape index (κ2) is 5.93. The van der Waals surface area contributed by atoms with E-state index in [4.69, 9.17) is 4.74 Å². The first-order chi connectivity index (χ1) is 8.70. The maximum atomic E-state index is 13.2. The number of halogens is 1. The minimum absolute atomic E-state index is 0.179. The Morgan fingerprint density at radius 1 is 1.44 bits per heavy atom. The number of hydrogen-bond acceptors (Lipinski definition) is 4. The maximum Gasteiger partial charge on any atom is 0.183 e. The lowest BCUT2D eigenvalue weighted by Crippen LogP contribution is -2.06. The van der Waals surface area contributed by atoms with Crippen molar-refractivity contribution in [2.75, 3.05) is 25.6 Å². The maximum absolute atomic E-state index is 13.2. The summed E-state index contributed by atoms with van der Waals surface area (Å²) in [7, 11) is 1.66. The number of benzene rings is 1. The van der Waals surface area contributed by atoms with Crippen molar-refractivity contribution in [3.8, 4) is 10.4 Å². The van der Waals surface area contributed by atoms with E-state index < -0.39 is 0 Å². The lowest BCUT2D eigenvalue weighted by atomic mass is 10.1. The van der Waals surface area contributed by atoms with Gasteiger partial charge in [-0.3, -0.25) is 0 Å². The average Bonchev–Trinajstić information content (AvgIpc) is 2.82. The smallest absolute Gasteiger partial charge is 0.183 e. The Labute approximate surface area is 110 Å². The Kier molecular flexibility index (Phi) is 4.28. The topological polar surface area (TPSA) is 34.1 Å². The molecule has 2 aromatic rings.